The summed E-state index contributed by atoms with van der Waals surface area (Å²) in [7, 11) is 1.52. The summed E-state index contributed by atoms with van der Waals surface area (Å²) in [6.07, 6.45) is 2.52. The number of carbonyl (C=O) groups is 2. The number of carbonyl (C=O) groups excluding carboxylic acids is 1. The number of hydrogen-bond acceptors (Lipinski definition) is 7. The zero-order chi connectivity index (χ0) is 17.3. The number of nitriles is 1. The first-order valence-electron chi connectivity index (χ1n) is 6.90. The number of nitrogens with one attached hydrogen (secondary N) is 2. The summed E-state index contributed by atoms with van der Waals surface area (Å²) in [4.78, 5) is 30.9. The van der Waals surface area contributed by atoms with E-state index in [0.29, 0.717) is 18.5 Å². The number of anilines is 2. The number of hydrogen-bond donors (Lipinski definition) is 3. The van der Waals surface area contributed by atoms with Crippen molar-refractivity contribution in [2.45, 2.75) is 12.8 Å². The van der Waals surface area contributed by atoms with Gasteiger partial charge in [0.2, 0.25) is 5.91 Å². The van der Waals surface area contributed by atoms with Gasteiger partial charge in [-0.15, -0.1) is 5.10 Å². The highest BCUT2D eigenvalue weighted by atomic mass is 16.4. The topological polar surface area (TPSA) is 159 Å². The van der Waals surface area contributed by atoms with Crippen LogP contribution in [0.1, 0.15) is 12.8 Å². The lowest BCUT2D eigenvalue weighted by atomic mass is 10.1. The molecule has 2 aromatic heterocycles. The molecule has 11 nitrogen and oxygen atoms in total. The van der Waals surface area contributed by atoms with Crippen molar-refractivity contribution in [3.63, 3.8) is 0 Å². The Hall–Kier alpha value is -3.55. The van der Waals surface area contributed by atoms with Gasteiger partial charge in [-0.2, -0.15) is 5.26 Å². The number of carboxylic acid groups (broad SMARTS) is 1. The Balaban J connectivity index is 1.79. The van der Waals surface area contributed by atoms with E-state index in [2.05, 4.69) is 30.9 Å². The van der Waals surface area contributed by atoms with Crippen LogP contribution in [0.25, 0.3) is 11.5 Å². The van der Waals surface area contributed by atoms with Crippen LogP contribution in [0.15, 0.2) is 12.4 Å². The van der Waals surface area contributed by atoms with Gasteiger partial charge in [0.05, 0.1) is 24.2 Å². The van der Waals surface area contributed by atoms with E-state index in [1.54, 1.807) is 0 Å². The molecule has 1 fully saturated rings. The molecular formula is C13H12N8O3. The van der Waals surface area contributed by atoms with Gasteiger partial charge in [-0.25, -0.2) is 19.4 Å². The van der Waals surface area contributed by atoms with Crippen LogP contribution in [0.5, 0.6) is 0 Å². The van der Waals surface area contributed by atoms with Crippen molar-refractivity contribution in [2.75, 3.05) is 10.6 Å². The van der Waals surface area contributed by atoms with Crippen LogP contribution in [0.2, 0.25) is 0 Å². The van der Waals surface area contributed by atoms with Crippen molar-refractivity contribution in [1.29, 1.82) is 5.26 Å². The minimum atomic E-state index is -1.27. The number of aromatic nitrogens is 5. The standard InChI is InChI=1S/C13H12N8O3/c1-21-10(18-12(23)24)8(19-20-21)9-15-4-7(5-16-9)17-11(22)13(6-14)2-3-13/h4-5,18H,2-3H2,1H3,(H,17,22)(H,23,24). The van der Waals surface area contributed by atoms with E-state index in [-0.39, 0.29) is 23.2 Å². The van der Waals surface area contributed by atoms with E-state index < -0.39 is 11.5 Å². The molecule has 1 aliphatic rings. The number of rotatable bonds is 4. The number of amides is 2. The maximum atomic E-state index is 12.0. The van der Waals surface area contributed by atoms with Crippen LogP contribution in [-0.2, 0) is 11.8 Å². The summed E-state index contributed by atoms with van der Waals surface area (Å²) in [6.45, 7) is 0. The van der Waals surface area contributed by atoms with Crippen molar-refractivity contribution in [3.05, 3.63) is 12.4 Å². The van der Waals surface area contributed by atoms with Gasteiger partial charge in [0, 0.05) is 7.05 Å². The highest BCUT2D eigenvalue weighted by Gasteiger charge is 2.50. The molecule has 0 saturated heterocycles. The van der Waals surface area contributed by atoms with Gasteiger partial charge in [0.1, 0.15) is 5.41 Å². The Morgan fingerprint density at radius 2 is 2.00 bits per heavy atom. The van der Waals surface area contributed by atoms with Crippen LogP contribution in [0.4, 0.5) is 16.3 Å². The molecule has 122 valence electrons. The van der Waals surface area contributed by atoms with Crippen LogP contribution >= 0.6 is 0 Å². The summed E-state index contributed by atoms with van der Waals surface area (Å²) in [5.41, 5.74) is -0.447. The minimum Gasteiger partial charge on any atom is -0.465 e. The van der Waals surface area contributed by atoms with E-state index in [1.165, 1.54) is 24.1 Å². The average Bonchev–Trinajstić information content (AvgIpc) is 3.29. The predicted octanol–water partition coefficient (Wildman–Crippen LogP) is 0.604. The SMILES string of the molecule is Cn1nnc(-c2ncc(NC(=O)C3(C#N)CC3)cn2)c1NC(=O)O. The largest absolute Gasteiger partial charge is 0.465 e. The Morgan fingerprint density at radius 3 is 2.54 bits per heavy atom. The van der Waals surface area contributed by atoms with Crippen LogP contribution in [0, 0.1) is 16.7 Å². The number of nitrogens with zero attached hydrogens (tertiary/aromatic N) is 6. The molecule has 0 radical (unpaired) electrons. The van der Waals surface area contributed by atoms with Crippen molar-refractivity contribution in [1.82, 2.24) is 25.0 Å². The minimum absolute atomic E-state index is 0.126. The molecule has 0 aromatic carbocycles. The zero-order valence-electron chi connectivity index (χ0n) is 12.5. The molecule has 3 rings (SSSR count). The molecule has 0 unspecified atom stereocenters. The molecule has 0 bridgehead atoms. The fourth-order valence-corrected chi connectivity index (χ4v) is 2.03. The Bertz CT molecular complexity index is 847. The second kappa shape index (κ2) is 5.58. The molecule has 3 N–H and O–H groups in total. The van der Waals surface area contributed by atoms with Gasteiger partial charge in [0.15, 0.2) is 17.3 Å². The average molecular weight is 328 g/mol. The lowest BCUT2D eigenvalue weighted by Gasteiger charge is -2.08. The van der Waals surface area contributed by atoms with Crippen LogP contribution in [-0.4, -0.2) is 42.1 Å². The predicted molar refractivity (Wildman–Crippen MR) is 79.6 cm³/mol. The van der Waals surface area contributed by atoms with E-state index in [0.717, 1.165) is 0 Å². The smallest absolute Gasteiger partial charge is 0.410 e. The Kier molecular flexibility index (Phi) is 3.57. The van der Waals surface area contributed by atoms with E-state index in [4.69, 9.17) is 10.4 Å². The summed E-state index contributed by atoms with van der Waals surface area (Å²) < 4.78 is 1.24. The molecule has 0 atom stereocenters. The van der Waals surface area contributed by atoms with Crippen molar-refractivity contribution >= 4 is 23.5 Å². The third-order valence-electron chi connectivity index (χ3n) is 3.57. The fourth-order valence-electron chi connectivity index (χ4n) is 2.03. The second-order valence-corrected chi connectivity index (χ2v) is 5.28. The van der Waals surface area contributed by atoms with Gasteiger partial charge in [-0.3, -0.25) is 10.1 Å². The second-order valence-electron chi connectivity index (χ2n) is 5.28. The number of aryl methyl sites for hydroxylation is 1. The molecule has 2 aromatic rings. The third-order valence-corrected chi connectivity index (χ3v) is 3.57. The first kappa shape index (κ1) is 15.3. The molecule has 2 amide bonds. The fraction of sp³-hybridized carbons (Fsp3) is 0.308. The normalized spacial score (nSPS) is 14.5. The first-order valence-corrected chi connectivity index (χ1v) is 6.90. The van der Waals surface area contributed by atoms with Crippen molar-refractivity contribution in [3.8, 4) is 17.6 Å². The molecule has 0 aliphatic heterocycles. The van der Waals surface area contributed by atoms with Gasteiger partial charge in [-0.1, -0.05) is 5.21 Å². The summed E-state index contributed by atoms with van der Waals surface area (Å²) in [5, 5.41) is 30.1. The lowest BCUT2D eigenvalue weighted by Crippen LogP contribution is -2.22. The molecule has 1 saturated carbocycles. The molecule has 1 aliphatic carbocycles. The van der Waals surface area contributed by atoms with Gasteiger partial charge in [0.25, 0.3) is 0 Å². The quantitative estimate of drug-likeness (QED) is 0.735. The van der Waals surface area contributed by atoms with E-state index >= 15 is 0 Å². The lowest BCUT2D eigenvalue weighted by molar-refractivity contribution is -0.119. The van der Waals surface area contributed by atoms with Gasteiger partial charge in [-0.05, 0) is 12.8 Å². The maximum Gasteiger partial charge on any atom is 0.410 e. The maximum absolute atomic E-state index is 12.0. The van der Waals surface area contributed by atoms with Gasteiger partial charge < -0.3 is 10.4 Å². The zero-order valence-corrected chi connectivity index (χ0v) is 12.5. The van der Waals surface area contributed by atoms with Crippen molar-refractivity contribution < 1.29 is 14.7 Å². The summed E-state index contributed by atoms with van der Waals surface area (Å²) in [5.74, 6) is -0.110. The first-order chi connectivity index (χ1) is 11.4. The molecule has 11 heteroatoms. The van der Waals surface area contributed by atoms with Crippen molar-refractivity contribution in [2.24, 2.45) is 12.5 Å². The van der Waals surface area contributed by atoms with E-state index in [9.17, 15) is 9.59 Å². The van der Waals surface area contributed by atoms with E-state index in [1.807, 2.05) is 6.07 Å². The highest BCUT2D eigenvalue weighted by Crippen LogP contribution is 2.45. The van der Waals surface area contributed by atoms with Crippen LogP contribution in [0.3, 0.4) is 0 Å². The third kappa shape index (κ3) is 2.72. The molecule has 0 spiro atoms. The Morgan fingerprint density at radius 1 is 1.33 bits per heavy atom. The molecule has 24 heavy (non-hydrogen) atoms. The summed E-state index contributed by atoms with van der Waals surface area (Å²) in [6, 6.07) is 2.00. The molecular weight excluding hydrogens is 316 g/mol. The summed E-state index contributed by atoms with van der Waals surface area (Å²) >= 11 is 0. The molecule has 2 heterocycles. The van der Waals surface area contributed by atoms with Crippen LogP contribution < -0.4 is 10.6 Å². The monoisotopic (exact) mass is 328 g/mol. The van der Waals surface area contributed by atoms with Gasteiger partial charge >= 0.3 is 6.09 Å². The highest BCUT2D eigenvalue weighted by molar-refractivity contribution is 5.99. The Labute approximate surface area is 135 Å².